The van der Waals surface area contributed by atoms with Crippen molar-refractivity contribution in [3.63, 3.8) is 0 Å². The summed E-state index contributed by atoms with van der Waals surface area (Å²) < 4.78 is 0. The molecule has 0 aliphatic carbocycles. The predicted octanol–water partition coefficient (Wildman–Crippen LogP) is 3.17. The first kappa shape index (κ1) is 9.72. The van der Waals surface area contributed by atoms with Crippen LogP contribution in [0.1, 0.15) is 35.7 Å². The molecule has 1 N–H and O–H groups in total. The molecule has 0 saturated carbocycles. The molecule has 1 aromatic heterocycles. The van der Waals surface area contributed by atoms with Crippen LogP contribution < -0.4 is 0 Å². The van der Waals surface area contributed by atoms with Crippen molar-refractivity contribution in [3.05, 3.63) is 35.0 Å². The molecule has 2 unspecified atom stereocenters. The van der Waals surface area contributed by atoms with Gasteiger partial charge in [0.25, 0.3) is 0 Å². The van der Waals surface area contributed by atoms with Crippen LogP contribution in [0, 0.1) is 6.92 Å². The van der Waals surface area contributed by atoms with Gasteiger partial charge in [0.2, 0.25) is 0 Å². The number of fused-ring (bicyclic) bond motifs is 6. The third-order valence-corrected chi connectivity index (χ3v) is 4.69. The van der Waals surface area contributed by atoms with Crippen molar-refractivity contribution >= 4 is 10.9 Å². The fourth-order valence-corrected chi connectivity index (χ4v) is 3.77. The molecule has 2 atom stereocenters. The Morgan fingerprint density at radius 3 is 3.06 bits per heavy atom. The van der Waals surface area contributed by atoms with Gasteiger partial charge < -0.3 is 4.98 Å². The van der Waals surface area contributed by atoms with Crippen LogP contribution >= 0.6 is 0 Å². The summed E-state index contributed by atoms with van der Waals surface area (Å²) in [5.74, 6) is 0. The number of rotatable bonds is 0. The number of benzene rings is 1. The SMILES string of the molecule is Cc1ccc2[nH]c3c(c2c1)C1CCC(C3)N1C. The maximum atomic E-state index is 3.64. The van der Waals surface area contributed by atoms with Gasteiger partial charge in [-0.15, -0.1) is 0 Å². The second kappa shape index (κ2) is 3.14. The first-order chi connectivity index (χ1) is 8.24. The van der Waals surface area contributed by atoms with E-state index in [1.807, 2.05) is 0 Å². The quantitative estimate of drug-likeness (QED) is 0.731. The third kappa shape index (κ3) is 1.19. The zero-order valence-corrected chi connectivity index (χ0v) is 10.5. The minimum absolute atomic E-state index is 0.652. The minimum Gasteiger partial charge on any atom is -0.358 e. The van der Waals surface area contributed by atoms with Gasteiger partial charge in [0.15, 0.2) is 0 Å². The molecule has 0 radical (unpaired) electrons. The van der Waals surface area contributed by atoms with E-state index in [0.29, 0.717) is 6.04 Å². The van der Waals surface area contributed by atoms with Gasteiger partial charge in [0, 0.05) is 35.1 Å². The number of aromatic nitrogens is 1. The summed E-state index contributed by atoms with van der Waals surface area (Å²) in [4.78, 5) is 6.22. The Hall–Kier alpha value is -1.28. The van der Waals surface area contributed by atoms with E-state index >= 15 is 0 Å². The van der Waals surface area contributed by atoms with Crippen LogP contribution in [0.4, 0.5) is 0 Å². The number of aromatic amines is 1. The van der Waals surface area contributed by atoms with Crippen LogP contribution in [-0.2, 0) is 6.42 Å². The molecule has 0 amide bonds. The maximum Gasteiger partial charge on any atom is 0.0459 e. The van der Waals surface area contributed by atoms with E-state index in [2.05, 4.69) is 42.1 Å². The van der Waals surface area contributed by atoms with E-state index in [-0.39, 0.29) is 0 Å². The molecule has 2 aromatic rings. The highest BCUT2D eigenvalue weighted by Gasteiger charge is 2.39. The first-order valence-corrected chi connectivity index (χ1v) is 6.57. The van der Waals surface area contributed by atoms with Crippen LogP contribution in [0.25, 0.3) is 10.9 Å². The Morgan fingerprint density at radius 2 is 2.18 bits per heavy atom. The molecule has 17 heavy (non-hydrogen) atoms. The number of hydrogen-bond acceptors (Lipinski definition) is 1. The number of likely N-dealkylation sites (N-methyl/N-ethyl adjacent to an activating group) is 1. The highest BCUT2D eigenvalue weighted by atomic mass is 15.2. The Bertz CT molecular complexity index is 596. The van der Waals surface area contributed by atoms with Crippen molar-refractivity contribution in [1.29, 1.82) is 0 Å². The topological polar surface area (TPSA) is 19.0 Å². The van der Waals surface area contributed by atoms with Crippen molar-refractivity contribution in [2.24, 2.45) is 0 Å². The van der Waals surface area contributed by atoms with E-state index in [4.69, 9.17) is 0 Å². The molecule has 3 heterocycles. The second-order valence-corrected chi connectivity index (χ2v) is 5.68. The molecule has 2 heteroatoms. The minimum atomic E-state index is 0.652. The molecule has 2 aliphatic rings. The fourth-order valence-electron chi connectivity index (χ4n) is 3.77. The number of hydrogen-bond donors (Lipinski definition) is 1. The molecule has 4 rings (SSSR count). The van der Waals surface area contributed by atoms with Gasteiger partial charge in [-0.2, -0.15) is 0 Å². The molecule has 2 aliphatic heterocycles. The van der Waals surface area contributed by atoms with Crippen molar-refractivity contribution in [2.75, 3.05) is 7.05 Å². The lowest BCUT2D eigenvalue weighted by molar-refractivity contribution is 0.224. The number of nitrogens with one attached hydrogen (secondary N) is 1. The maximum absolute atomic E-state index is 3.64. The lowest BCUT2D eigenvalue weighted by atomic mass is 9.97. The molecule has 2 bridgehead atoms. The molecule has 1 aromatic carbocycles. The summed E-state index contributed by atoms with van der Waals surface area (Å²) in [5, 5.41) is 1.46. The summed E-state index contributed by atoms with van der Waals surface area (Å²) in [7, 11) is 2.29. The molecular formula is C15H18N2. The van der Waals surface area contributed by atoms with Crippen molar-refractivity contribution in [1.82, 2.24) is 9.88 Å². The molecule has 0 spiro atoms. The molecule has 1 saturated heterocycles. The highest BCUT2D eigenvalue weighted by molar-refractivity contribution is 5.86. The number of nitrogens with zero attached hydrogens (tertiary/aromatic N) is 1. The van der Waals surface area contributed by atoms with E-state index in [9.17, 15) is 0 Å². The van der Waals surface area contributed by atoms with Crippen LogP contribution in [0.2, 0.25) is 0 Å². The molecule has 88 valence electrons. The summed E-state index contributed by atoms with van der Waals surface area (Å²) in [6, 6.07) is 8.20. The summed E-state index contributed by atoms with van der Waals surface area (Å²) in [6.07, 6.45) is 3.89. The Morgan fingerprint density at radius 1 is 1.29 bits per heavy atom. The van der Waals surface area contributed by atoms with Gasteiger partial charge in [-0.25, -0.2) is 0 Å². The zero-order chi connectivity index (χ0) is 11.6. The van der Waals surface area contributed by atoms with Gasteiger partial charge in [0.1, 0.15) is 0 Å². The van der Waals surface area contributed by atoms with E-state index in [1.54, 1.807) is 5.56 Å². The van der Waals surface area contributed by atoms with Crippen molar-refractivity contribution in [3.8, 4) is 0 Å². The standard InChI is InChI=1S/C15H18N2/c1-9-3-5-12-11(7-9)15-13(16-12)8-10-4-6-14(15)17(10)2/h3,5,7,10,14,16H,4,6,8H2,1-2H3. The molecular weight excluding hydrogens is 208 g/mol. The van der Waals surface area contributed by atoms with Crippen LogP contribution in [0.5, 0.6) is 0 Å². The average molecular weight is 226 g/mol. The molecule has 2 nitrogen and oxygen atoms in total. The van der Waals surface area contributed by atoms with Gasteiger partial charge in [-0.3, -0.25) is 4.90 Å². The van der Waals surface area contributed by atoms with Gasteiger partial charge in [0.05, 0.1) is 0 Å². The van der Waals surface area contributed by atoms with Crippen LogP contribution in [0.3, 0.4) is 0 Å². The van der Waals surface area contributed by atoms with E-state index < -0.39 is 0 Å². The Balaban J connectivity index is 2.02. The summed E-state index contributed by atoms with van der Waals surface area (Å²) >= 11 is 0. The fraction of sp³-hybridized carbons (Fsp3) is 0.467. The first-order valence-electron chi connectivity index (χ1n) is 6.57. The summed E-state index contributed by atoms with van der Waals surface area (Å²) in [6.45, 7) is 2.18. The Labute approximate surface area is 102 Å². The monoisotopic (exact) mass is 226 g/mol. The number of aryl methyl sites for hydroxylation is 1. The smallest absolute Gasteiger partial charge is 0.0459 e. The zero-order valence-electron chi connectivity index (χ0n) is 10.5. The lowest BCUT2D eigenvalue weighted by Gasteiger charge is -2.31. The lowest BCUT2D eigenvalue weighted by Crippen LogP contribution is -2.33. The van der Waals surface area contributed by atoms with Crippen molar-refractivity contribution in [2.45, 2.75) is 38.3 Å². The van der Waals surface area contributed by atoms with Crippen molar-refractivity contribution < 1.29 is 0 Å². The summed E-state index contributed by atoms with van der Waals surface area (Å²) in [5.41, 5.74) is 5.76. The third-order valence-electron chi connectivity index (χ3n) is 4.69. The average Bonchev–Trinajstić information content (AvgIpc) is 2.76. The predicted molar refractivity (Wildman–Crippen MR) is 70.3 cm³/mol. The van der Waals surface area contributed by atoms with Crippen LogP contribution in [-0.4, -0.2) is 23.0 Å². The van der Waals surface area contributed by atoms with Gasteiger partial charge in [-0.05, 0) is 44.5 Å². The largest absolute Gasteiger partial charge is 0.358 e. The highest BCUT2D eigenvalue weighted by Crippen LogP contribution is 2.45. The Kier molecular flexibility index (Phi) is 1.79. The van der Waals surface area contributed by atoms with E-state index in [0.717, 1.165) is 6.04 Å². The van der Waals surface area contributed by atoms with Crippen LogP contribution in [0.15, 0.2) is 18.2 Å². The molecule has 1 fully saturated rings. The van der Waals surface area contributed by atoms with Gasteiger partial charge >= 0.3 is 0 Å². The van der Waals surface area contributed by atoms with Gasteiger partial charge in [-0.1, -0.05) is 11.6 Å². The second-order valence-electron chi connectivity index (χ2n) is 5.68. The normalized spacial score (nSPS) is 27.6. The number of H-pyrrole nitrogens is 1. The van der Waals surface area contributed by atoms with E-state index in [1.165, 1.54) is 41.4 Å².